The van der Waals surface area contributed by atoms with Crippen molar-refractivity contribution in [2.24, 2.45) is 5.92 Å². The number of hydrogen-bond acceptors (Lipinski definition) is 4. The highest BCUT2D eigenvalue weighted by Gasteiger charge is 2.24. The predicted molar refractivity (Wildman–Crippen MR) is 79.0 cm³/mol. The fourth-order valence-electron chi connectivity index (χ4n) is 2.23. The van der Waals surface area contributed by atoms with Gasteiger partial charge in [0.25, 0.3) is 5.91 Å². The molecule has 0 N–H and O–H groups in total. The Morgan fingerprint density at radius 3 is 2.50 bits per heavy atom. The first kappa shape index (κ1) is 15.0. The van der Waals surface area contributed by atoms with Gasteiger partial charge >= 0.3 is 0 Å². The monoisotopic (exact) mass is 295 g/mol. The van der Waals surface area contributed by atoms with E-state index < -0.39 is 0 Å². The lowest BCUT2D eigenvalue weighted by atomic mass is 10.2. The summed E-state index contributed by atoms with van der Waals surface area (Å²) < 4.78 is 0. The maximum Gasteiger partial charge on any atom is 0.282 e. The van der Waals surface area contributed by atoms with Crippen molar-refractivity contribution in [1.82, 2.24) is 14.8 Å². The van der Waals surface area contributed by atoms with Crippen LogP contribution in [0.2, 0.25) is 0 Å². The van der Waals surface area contributed by atoms with Gasteiger partial charge in [-0.15, -0.1) is 11.3 Å². The Hall–Kier alpha value is -1.43. The zero-order valence-corrected chi connectivity index (χ0v) is 13.3. The molecule has 1 aromatic heterocycles. The Morgan fingerprint density at radius 2 is 1.90 bits per heavy atom. The Kier molecular flexibility index (Phi) is 4.42. The second-order valence-corrected chi connectivity index (χ2v) is 6.65. The Morgan fingerprint density at radius 1 is 1.25 bits per heavy atom. The van der Waals surface area contributed by atoms with Crippen LogP contribution in [0.4, 0.5) is 0 Å². The summed E-state index contributed by atoms with van der Waals surface area (Å²) >= 11 is 1.47. The molecule has 2 rings (SSSR count). The van der Waals surface area contributed by atoms with Crippen LogP contribution in [0.1, 0.15) is 34.2 Å². The molecule has 0 aliphatic carbocycles. The highest BCUT2D eigenvalue weighted by atomic mass is 32.1. The lowest BCUT2D eigenvalue weighted by Gasteiger charge is -2.22. The van der Waals surface area contributed by atoms with Gasteiger partial charge in [0, 0.05) is 50.8 Å². The molecule has 0 saturated heterocycles. The molecule has 6 heteroatoms. The number of carbonyl (C=O) groups is 2. The molecule has 1 aliphatic rings. The summed E-state index contributed by atoms with van der Waals surface area (Å²) in [6, 6.07) is 0. The largest absolute Gasteiger partial charge is 0.343 e. The van der Waals surface area contributed by atoms with Gasteiger partial charge in [0.2, 0.25) is 5.91 Å². The second kappa shape index (κ2) is 5.91. The zero-order chi connectivity index (χ0) is 14.9. The molecule has 2 amide bonds. The van der Waals surface area contributed by atoms with Crippen molar-refractivity contribution in [2.75, 3.05) is 27.2 Å². The van der Waals surface area contributed by atoms with E-state index in [1.165, 1.54) is 11.3 Å². The fourth-order valence-corrected chi connectivity index (χ4v) is 3.35. The summed E-state index contributed by atoms with van der Waals surface area (Å²) in [5, 5.41) is 0.559. The molecule has 0 aromatic carbocycles. The number of carbonyl (C=O) groups excluding carboxylic acids is 2. The number of nitrogens with zero attached hydrogens (tertiary/aromatic N) is 3. The van der Waals surface area contributed by atoms with E-state index in [9.17, 15) is 9.59 Å². The van der Waals surface area contributed by atoms with Crippen molar-refractivity contribution in [3.05, 3.63) is 15.6 Å². The van der Waals surface area contributed by atoms with Crippen LogP contribution in [0.15, 0.2) is 0 Å². The number of aromatic nitrogens is 1. The highest BCUT2D eigenvalue weighted by molar-refractivity contribution is 7.13. The van der Waals surface area contributed by atoms with Gasteiger partial charge in [-0.25, -0.2) is 4.98 Å². The van der Waals surface area contributed by atoms with Gasteiger partial charge in [-0.05, 0) is 0 Å². The molecule has 5 nitrogen and oxygen atoms in total. The first-order valence-corrected chi connectivity index (χ1v) is 7.70. The average molecular weight is 295 g/mol. The maximum atomic E-state index is 12.0. The third-order valence-corrected chi connectivity index (χ3v) is 4.55. The molecular formula is C14H21N3O2S. The van der Waals surface area contributed by atoms with E-state index in [0.717, 1.165) is 30.0 Å². The van der Waals surface area contributed by atoms with Crippen LogP contribution in [0.25, 0.3) is 0 Å². The van der Waals surface area contributed by atoms with E-state index in [4.69, 9.17) is 0 Å². The zero-order valence-electron chi connectivity index (χ0n) is 12.5. The van der Waals surface area contributed by atoms with Gasteiger partial charge in [-0.1, -0.05) is 13.8 Å². The number of rotatable bonds is 2. The van der Waals surface area contributed by atoms with Crippen LogP contribution < -0.4 is 0 Å². The first-order valence-electron chi connectivity index (χ1n) is 6.89. The molecule has 0 spiro atoms. The van der Waals surface area contributed by atoms with Crippen LogP contribution in [-0.4, -0.2) is 53.8 Å². The van der Waals surface area contributed by atoms with Crippen LogP contribution in [0, 0.1) is 5.92 Å². The van der Waals surface area contributed by atoms with Gasteiger partial charge in [0.1, 0.15) is 0 Å². The quantitative estimate of drug-likeness (QED) is 0.829. The maximum absolute atomic E-state index is 12.0. The van der Waals surface area contributed by atoms with E-state index in [-0.39, 0.29) is 17.7 Å². The van der Waals surface area contributed by atoms with Crippen molar-refractivity contribution in [3.63, 3.8) is 0 Å². The molecule has 0 saturated carbocycles. The lowest BCUT2D eigenvalue weighted by Crippen LogP contribution is -2.36. The summed E-state index contributed by atoms with van der Waals surface area (Å²) in [7, 11) is 3.47. The van der Waals surface area contributed by atoms with Crippen LogP contribution in [-0.2, 0) is 17.6 Å². The van der Waals surface area contributed by atoms with E-state index in [1.54, 1.807) is 19.0 Å². The van der Waals surface area contributed by atoms with Gasteiger partial charge in [-0.3, -0.25) is 9.59 Å². The van der Waals surface area contributed by atoms with E-state index >= 15 is 0 Å². The number of fused-ring (bicyclic) bond motifs is 1. The average Bonchev–Trinajstić information content (AvgIpc) is 2.70. The molecule has 1 aliphatic heterocycles. The smallest absolute Gasteiger partial charge is 0.282 e. The topological polar surface area (TPSA) is 53.5 Å². The lowest BCUT2D eigenvalue weighted by molar-refractivity contribution is -0.134. The second-order valence-electron chi connectivity index (χ2n) is 5.57. The SMILES string of the molecule is CC(C)C(=O)N1CCc2nc(C(=O)N(C)C)sc2CC1. The normalized spacial score (nSPS) is 14.9. The molecule has 0 radical (unpaired) electrons. The molecule has 0 bridgehead atoms. The summed E-state index contributed by atoms with van der Waals surface area (Å²) in [4.78, 5) is 33.0. The van der Waals surface area contributed by atoms with Crippen molar-refractivity contribution in [1.29, 1.82) is 0 Å². The number of amides is 2. The number of hydrogen-bond donors (Lipinski definition) is 0. The minimum Gasteiger partial charge on any atom is -0.343 e. The summed E-state index contributed by atoms with van der Waals surface area (Å²) in [6.07, 6.45) is 1.54. The third-order valence-electron chi connectivity index (χ3n) is 3.40. The molecule has 110 valence electrons. The number of thiazole rings is 1. The Bertz CT molecular complexity index is 497. The van der Waals surface area contributed by atoms with E-state index in [1.807, 2.05) is 18.7 Å². The van der Waals surface area contributed by atoms with Gasteiger partial charge in [0.15, 0.2) is 5.01 Å². The van der Waals surface area contributed by atoms with E-state index in [2.05, 4.69) is 4.98 Å². The highest BCUT2D eigenvalue weighted by Crippen LogP contribution is 2.24. The molecule has 2 heterocycles. The van der Waals surface area contributed by atoms with Crippen molar-refractivity contribution >= 4 is 23.2 Å². The van der Waals surface area contributed by atoms with Gasteiger partial charge in [-0.2, -0.15) is 0 Å². The van der Waals surface area contributed by atoms with E-state index in [0.29, 0.717) is 11.6 Å². The van der Waals surface area contributed by atoms with Crippen LogP contribution in [0.3, 0.4) is 0 Å². The van der Waals surface area contributed by atoms with Crippen LogP contribution >= 0.6 is 11.3 Å². The minimum absolute atomic E-state index is 0.0324. The summed E-state index contributed by atoms with van der Waals surface area (Å²) in [5.41, 5.74) is 0.985. The molecule has 1 aromatic rings. The van der Waals surface area contributed by atoms with Crippen molar-refractivity contribution < 1.29 is 9.59 Å². The predicted octanol–water partition coefficient (Wildman–Crippen LogP) is 1.43. The summed E-state index contributed by atoms with van der Waals surface area (Å²) in [6.45, 7) is 5.27. The molecule has 20 heavy (non-hydrogen) atoms. The standard InChI is InChI=1S/C14H21N3O2S/c1-9(2)13(18)17-7-5-10-11(6-8-17)20-12(15-10)14(19)16(3)4/h9H,5-8H2,1-4H3. The third kappa shape index (κ3) is 3.00. The van der Waals surface area contributed by atoms with Crippen molar-refractivity contribution in [2.45, 2.75) is 26.7 Å². The Balaban J connectivity index is 2.11. The van der Waals surface area contributed by atoms with Crippen LogP contribution in [0.5, 0.6) is 0 Å². The summed E-state index contributed by atoms with van der Waals surface area (Å²) in [5.74, 6) is 0.188. The molecule has 0 unspecified atom stereocenters. The molecular weight excluding hydrogens is 274 g/mol. The molecule has 0 atom stereocenters. The van der Waals surface area contributed by atoms with Gasteiger partial charge in [0.05, 0.1) is 5.69 Å². The minimum atomic E-state index is -0.0433. The van der Waals surface area contributed by atoms with Gasteiger partial charge < -0.3 is 9.80 Å². The molecule has 0 fully saturated rings. The first-order chi connectivity index (χ1) is 9.40. The fraction of sp³-hybridized carbons (Fsp3) is 0.643. The van der Waals surface area contributed by atoms with Crippen molar-refractivity contribution in [3.8, 4) is 0 Å². The Labute approximate surface area is 123 Å².